The quantitative estimate of drug-likeness (QED) is 0.572. The third-order valence-corrected chi connectivity index (χ3v) is 7.42. The highest BCUT2D eigenvalue weighted by Gasteiger charge is 2.69. The van der Waals surface area contributed by atoms with E-state index < -0.39 is 40.8 Å². The van der Waals surface area contributed by atoms with Gasteiger partial charge in [0.25, 0.3) is 0 Å². The molecule has 3 heterocycles. The summed E-state index contributed by atoms with van der Waals surface area (Å²) in [6.07, 6.45) is 3.51. The Balaban J connectivity index is 1.65. The van der Waals surface area contributed by atoms with Crippen LogP contribution in [0.2, 0.25) is 0 Å². The maximum Gasteiger partial charge on any atom is 0.238 e. The number of hydrogen-bond donors (Lipinski definition) is 1. The summed E-state index contributed by atoms with van der Waals surface area (Å²) in [5.41, 5.74) is 1.13. The molecule has 3 aromatic rings. The van der Waals surface area contributed by atoms with Crippen LogP contribution in [0.1, 0.15) is 28.4 Å². The molecule has 7 heteroatoms. The highest BCUT2D eigenvalue weighted by molar-refractivity contribution is 6.16. The molecule has 174 valence electrons. The number of rotatable bonds is 3. The number of fused-ring (bicyclic) bond motifs is 6. The lowest BCUT2D eigenvalue weighted by Gasteiger charge is -2.37. The smallest absolute Gasteiger partial charge is 0.238 e. The molecule has 35 heavy (non-hydrogen) atoms. The number of carbonyl (C=O) groups is 3. The zero-order valence-electron chi connectivity index (χ0n) is 18.7. The minimum absolute atomic E-state index is 0.211. The average Bonchev–Trinajstić information content (AvgIpc) is 3.32. The van der Waals surface area contributed by atoms with Crippen LogP contribution in [0.5, 0.6) is 0 Å². The number of nitrogens with one attached hydrogen (secondary N) is 1. The van der Waals surface area contributed by atoms with Gasteiger partial charge in [-0.15, -0.1) is 0 Å². The van der Waals surface area contributed by atoms with Gasteiger partial charge in [0.2, 0.25) is 5.91 Å². The van der Waals surface area contributed by atoms with Crippen LogP contribution in [-0.2, 0) is 15.0 Å². The van der Waals surface area contributed by atoms with E-state index in [0.717, 1.165) is 0 Å². The van der Waals surface area contributed by atoms with Crippen molar-refractivity contribution in [2.24, 2.45) is 5.92 Å². The Morgan fingerprint density at radius 1 is 0.971 bits per heavy atom. The molecule has 0 bridgehead atoms. The van der Waals surface area contributed by atoms with Crippen LogP contribution in [0.4, 0.5) is 20.2 Å². The summed E-state index contributed by atoms with van der Waals surface area (Å²) in [6, 6.07) is 14.8. The standard InChI is InChI=1S/C28H20F2N2O3/c1-15(33)25-24(26(34)16-6-9-18(29)10-7-16)28(20-4-2-3-5-21(20)31-27(28)35)23-13-8-17-14-19(30)11-12-22(17)32(23)25/h2-14,23-25H,1H3,(H,31,35)/t23-,24-,25-,28+/m1/s1. The average molecular weight is 470 g/mol. The van der Waals surface area contributed by atoms with Crippen LogP contribution in [0.25, 0.3) is 6.08 Å². The fourth-order valence-electron chi connectivity index (χ4n) is 6.10. The molecule has 3 aromatic carbocycles. The van der Waals surface area contributed by atoms with Crippen molar-refractivity contribution in [1.82, 2.24) is 0 Å². The number of ketones is 2. The molecule has 0 aromatic heterocycles. The van der Waals surface area contributed by atoms with E-state index in [2.05, 4.69) is 5.32 Å². The van der Waals surface area contributed by atoms with Gasteiger partial charge in [-0.2, -0.15) is 0 Å². The van der Waals surface area contributed by atoms with Crippen molar-refractivity contribution in [2.45, 2.75) is 24.4 Å². The van der Waals surface area contributed by atoms with Crippen LogP contribution in [0.3, 0.4) is 0 Å². The molecule has 0 saturated carbocycles. The second-order valence-corrected chi connectivity index (χ2v) is 9.19. The lowest BCUT2D eigenvalue weighted by Crippen LogP contribution is -2.51. The topological polar surface area (TPSA) is 66.5 Å². The minimum atomic E-state index is -1.42. The predicted octanol–water partition coefficient (Wildman–Crippen LogP) is 4.53. The third kappa shape index (κ3) is 2.81. The van der Waals surface area contributed by atoms with Crippen molar-refractivity contribution in [3.63, 3.8) is 0 Å². The van der Waals surface area contributed by atoms with Crippen molar-refractivity contribution < 1.29 is 23.2 Å². The number of benzene rings is 3. The van der Waals surface area contributed by atoms with Gasteiger partial charge in [-0.05, 0) is 61.0 Å². The van der Waals surface area contributed by atoms with Gasteiger partial charge in [0.1, 0.15) is 17.0 Å². The number of Topliss-reactive ketones (excluding diaryl/α,β-unsaturated/α-hetero) is 2. The van der Waals surface area contributed by atoms with Crippen LogP contribution in [0.15, 0.2) is 72.8 Å². The molecule has 1 amide bonds. The molecule has 6 rings (SSSR count). The van der Waals surface area contributed by atoms with Crippen molar-refractivity contribution in [1.29, 1.82) is 0 Å². The fourth-order valence-corrected chi connectivity index (χ4v) is 6.10. The molecule has 5 nitrogen and oxygen atoms in total. The van der Waals surface area contributed by atoms with E-state index >= 15 is 0 Å². The summed E-state index contributed by atoms with van der Waals surface area (Å²) in [4.78, 5) is 43.1. The maximum absolute atomic E-state index is 14.1. The monoisotopic (exact) mass is 470 g/mol. The number of nitrogens with zero attached hydrogens (tertiary/aromatic N) is 1. The molecule has 1 N–H and O–H groups in total. The van der Waals surface area contributed by atoms with Gasteiger partial charge in [0, 0.05) is 22.5 Å². The van der Waals surface area contributed by atoms with E-state index in [1.807, 2.05) is 0 Å². The SMILES string of the molecule is CC(=O)[C@@H]1[C@H](C(=O)c2ccc(F)cc2)[C@@]2(C(=O)Nc3ccccc32)[C@H]2C=Cc3cc(F)ccc3N12. The molecule has 1 saturated heterocycles. The Labute approximate surface area is 200 Å². The zero-order valence-corrected chi connectivity index (χ0v) is 18.7. The number of carbonyl (C=O) groups excluding carboxylic acids is 3. The van der Waals surface area contributed by atoms with Crippen molar-refractivity contribution in [3.8, 4) is 0 Å². The number of para-hydroxylation sites is 1. The normalized spacial score (nSPS) is 25.7. The first-order valence-corrected chi connectivity index (χ1v) is 11.3. The van der Waals surface area contributed by atoms with Gasteiger partial charge < -0.3 is 10.2 Å². The van der Waals surface area contributed by atoms with Crippen LogP contribution < -0.4 is 10.2 Å². The number of anilines is 2. The van der Waals surface area contributed by atoms with E-state index in [9.17, 15) is 23.2 Å². The molecule has 0 aliphatic carbocycles. The molecular formula is C28H20F2N2O3. The van der Waals surface area contributed by atoms with Crippen LogP contribution in [0, 0.1) is 17.6 Å². The number of halogens is 2. The van der Waals surface area contributed by atoms with Crippen molar-refractivity contribution >= 4 is 34.9 Å². The highest BCUT2D eigenvalue weighted by Crippen LogP contribution is 2.57. The molecular weight excluding hydrogens is 450 g/mol. The van der Waals surface area contributed by atoms with Gasteiger partial charge >= 0.3 is 0 Å². The molecule has 1 fully saturated rings. The van der Waals surface area contributed by atoms with Gasteiger partial charge in [-0.25, -0.2) is 8.78 Å². The Morgan fingerprint density at radius 3 is 2.43 bits per heavy atom. The van der Waals surface area contributed by atoms with Gasteiger partial charge in [0.05, 0.1) is 18.0 Å². The summed E-state index contributed by atoms with van der Waals surface area (Å²) in [7, 11) is 0. The van der Waals surface area contributed by atoms with Gasteiger partial charge in [-0.1, -0.05) is 30.4 Å². The van der Waals surface area contributed by atoms with Crippen LogP contribution in [-0.4, -0.2) is 29.6 Å². The number of hydrogen-bond acceptors (Lipinski definition) is 4. The second-order valence-electron chi connectivity index (χ2n) is 9.19. The molecule has 0 unspecified atom stereocenters. The fraction of sp³-hybridized carbons (Fsp3) is 0.179. The maximum atomic E-state index is 14.1. The summed E-state index contributed by atoms with van der Waals surface area (Å²) in [5, 5.41) is 2.92. The minimum Gasteiger partial charge on any atom is -0.352 e. The van der Waals surface area contributed by atoms with Crippen LogP contribution >= 0.6 is 0 Å². The van der Waals surface area contributed by atoms with E-state index in [4.69, 9.17) is 0 Å². The lowest BCUT2D eigenvalue weighted by atomic mass is 9.64. The van der Waals surface area contributed by atoms with E-state index in [0.29, 0.717) is 22.5 Å². The van der Waals surface area contributed by atoms with E-state index in [1.165, 1.54) is 43.3 Å². The first-order chi connectivity index (χ1) is 16.8. The van der Waals surface area contributed by atoms with E-state index in [1.54, 1.807) is 47.4 Å². The number of amides is 1. The Bertz CT molecular complexity index is 1450. The first kappa shape index (κ1) is 21.4. The molecule has 4 atom stereocenters. The molecule has 1 spiro atoms. The molecule has 3 aliphatic rings. The largest absolute Gasteiger partial charge is 0.352 e. The summed E-state index contributed by atoms with van der Waals surface area (Å²) >= 11 is 0. The summed E-state index contributed by atoms with van der Waals surface area (Å²) in [5.74, 6) is -3.12. The summed E-state index contributed by atoms with van der Waals surface area (Å²) in [6.45, 7) is 1.39. The Kier molecular flexibility index (Phi) is 4.55. The van der Waals surface area contributed by atoms with Crippen molar-refractivity contribution in [3.05, 3.63) is 101 Å². The van der Waals surface area contributed by atoms with E-state index in [-0.39, 0.29) is 17.3 Å². The molecule has 0 radical (unpaired) electrons. The second kappa shape index (κ2) is 7.43. The Morgan fingerprint density at radius 2 is 1.69 bits per heavy atom. The van der Waals surface area contributed by atoms with Gasteiger partial charge in [-0.3, -0.25) is 14.4 Å². The molecule has 3 aliphatic heterocycles. The predicted molar refractivity (Wildman–Crippen MR) is 127 cm³/mol. The van der Waals surface area contributed by atoms with Crippen molar-refractivity contribution in [2.75, 3.05) is 10.2 Å². The first-order valence-electron chi connectivity index (χ1n) is 11.3. The lowest BCUT2D eigenvalue weighted by molar-refractivity contribution is -0.122. The van der Waals surface area contributed by atoms with Gasteiger partial charge in [0.15, 0.2) is 11.6 Å². The third-order valence-electron chi connectivity index (χ3n) is 7.42. The summed E-state index contributed by atoms with van der Waals surface area (Å²) < 4.78 is 27.7. The Hall–Kier alpha value is -4.13. The zero-order chi connectivity index (χ0) is 24.5. The highest BCUT2D eigenvalue weighted by atomic mass is 19.1.